The fraction of sp³-hybridized carbons (Fsp3) is 0.176. The van der Waals surface area contributed by atoms with E-state index in [9.17, 15) is 8.78 Å². The molecule has 0 saturated carbocycles. The molecule has 1 heterocycles. The van der Waals surface area contributed by atoms with Crippen LogP contribution in [-0.4, -0.2) is 24.4 Å². The lowest BCUT2D eigenvalue weighted by Crippen LogP contribution is -1.91. The van der Waals surface area contributed by atoms with E-state index in [1.807, 2.05) is 0 Å². The van der Waals surface area contributed by atoms with Crippen LogP contribution in [0.5, 0.6) is 11.5 Å². The summed E-state index contributed by atoms with van der Waals surface area (Å²) in [5.74, 6) is 1.04. The average Bonchev–Trinajstić information content (AvgIpc) is 3.11. The molecule has 0 aliphatic rings. The number of thioether (sulfide) groups is 1. The predicted molar refractivity (Wildman–Crippen MR) is 88.8 cm³/mol. The summed E-state index contributed by atoms with van der Waals surface area (Å²) >= 11 is 1.08. The number of halogens is 2. The predicted octanol–water partition coefficient (Wildman–Crippen LogP) is 4.32. The quantitative estimate of drug-likeness (QED) is 0.607. The first-order valence-corrected chi connectivity index (χ1v) is 8.22. The van der Waals surface area contributed by atoms with Gasteiger partial charge in [0.25, 0.3) is 0 Å². The third-order valence-electron chi connectivity index (χ3n) is 3.35. The van der Waals surface area contributed by atoms with Gasteiger partial charge in [-0.3, -0.25) is 0 Å². The highest BCUT2D eigenvalue weighted by Gasteiger charge is 2.13. The van der Waals surface area contributed by atoms with Gasteiger partial charge in [-0.25, -0.2) is 8.78 Å². The highest BCUT2D eigenvalue weighted by molar-refractivity contribution is 7.98. The molecule has 8 heteroatoms. The Balaban J connectivity index is 1.75. The standard InChI is InChI=1S/C17H14F2N2O3S/c1-22-13-6-3-10(7-14(13)23-2)17-20-16(24-21-17)9-25-15-8-11(18)4-5-12(15)19/h3-8H,9H2,1-2H3. The molecule has 0 aliphatic carbocycles. The molecular weight excluding hydrogens is 350 g/mol. The van der Waals surface area contributed by atoms with E-state index in [4.69, 9.17) is 14.0 Å². The number of nitrogens with zero attached hydrogens (tertiary/aromatic N) is 2. The van der Waals surface area contributed by atoms with Crippen molar-refractivity contribution in [1.82, 2.24) is 10.1 Å². The molecule has 0 bridgehead atoms. The van der Waals surface area contributed by atoms with Crippen LogP contribution >= 0.6 is 11.8 Å². The molecule has 0 fully saturated rings. The minimum Gasteiger partial charge on any atom is -0.493 e. The molecular formula is C17H14F2N2O3S. The van der Waals surface area contributed by atoms with Crippen LogP contribution in [0.3, 0.4) is 0 Å². The molecule has 0 saturated heterocycles. The number of rotatable bonds is 6. The minimum absolute atomic E-state index is 0.186. The maximum absolute atomic E-state index is 13.6. The highest BCUT2D eigenvalue weighted by atomic mass is 32.2. The minimum atomic E-state index is -0.500. The number of hydrogen-bond acceptors (Lipinski definition) is 6. The van der Waals surface area contributed by atoms with Gasteiger partial charge in [0.2, 0.25) is 11.7 Å². The third kappa shape index (κ3) is 3.90. The van der Waals surface area contributed by atoms with Crippen LogP contribution in [0.15, 0.2) is 45.8 Å². The molecule has 0 unspecified atom stereocenters. The highest BCUT2D eigenvalue weighted by Crippen LogP contribution is 2.32. The maximum Gasteiger partial charge on any atom is 0.237 e. The molecule has 2 aromatic carbocycles. The number of aromatic nitrogens is 2. The van der Waals surface area contributed by atoms with Gasteiger partial charge in [0.05, 0.1) is 20.0 Å². The number of hydrogen-bond donors (Lipinski definition) is 0. The molecule has 0 spiro atoms. The zero-order valence-corrected chi connectivity index (χ0v) is 14.3. The maximum atomic E-state index is 13.6. The van der Waals surface area contributed by atoms with Crippen molar-refractivity contribution in [3.63, 3.8) is 0 Å². The smallest absolute Gasteiger partial charge is 0.237 e. The molecule has 130 valence electrons. The van der Waals surface area contributed by atoms with Gasteiger partial charge in [-0.15, -0.1) is 11.8 Å². The SMILES string of the molecule is COc1ccc(-c2noc(CSc3cc(F)ccc3F)n2)cc1OC. The van der Waals surface area contributed by atoms with E-state index >= 15 is 0 Å². The number of ether oxygens (including phenoxy) is 2. The Morgan fingerprint density at radius 1 is 1.04 bits per heavy atom. The normalized spacial score (nSPS) is 10.7. The lowest BCUT2D eigenvalue weighted by atomic mass is 10.2. The van der Waals surface area contributed by atoms with Gasteiger partial charge in [-0.05, 0) is 36.4 Å². The number of methoxy groups -OCH3 is 2. The van der Waals surface area contributed by atoms with Crippen LogP contribution in [0.25, 0.3) is 11.4 Å². The average molecular weight is 364 g/mol. The Labute approximate surface area is 147 Å². The van der Waals surface area contributed by atoms with Crippen LogP contribution in [-0.2, 0) is 5.75 Å². The third-order valence-corrected chi connectivity index (χ3v) is 4.37. The lowest BCUT2D eigenvalue weighted by molar-refractivity contribution is 0.355. The van der Waals surface area contributed by atoms with Crippen LogP contribution in [0.4, 0.5) is 8.78 Å². The van der Waals surface area contributed by atoms with Crippen molar-refractivity contribution in [1.29, 1.82) is 0 Å². The fourth-order valence-corrected chi connectivity index (χ4v) is 2.93. The molecule has 3 aromatic rings. The zero-order valence-electron chi connectivity index (χ0n) is 13.5. The van der Waals surface area contributed by atoms with Crippen molar-refractivity contribution in [3.8, 4) is 22.9 Å². The van der Waals surface area contributed by atoms with Crippen molar-refractivity contribution in [2.45, 2.75) is 10.6 Å². The second-order valence-electron chi connectivity index (χ2n) is 4.94. The first kappa shape index (κ1) is 17.2. The summed E-state index contributed by atoms with van der Waals surface area (Å²) in [6.07, 6.45) is 0. The summed E-state index contributed by atoms with van der Waals surface area (Å²) in [5.41, 5.74) is 0.689. The fourth-order valence-electron chi connectivity index (χ4n) is 2.13. The largest absolute Gasteiger partial charge is 0.493 e. The monoisotopic (exact) mass is 364 g/mol. The summed E-state index contributed by atoms with van der Waals surface area (Å²) in [6, 6.07) is 8.52. The van der Waals surface area contributed by atoms with Gasteiger partial charge < -0.3 is 14.0 Å². The van der Waals surface area contributed by atoms with Gasteiger partial charge in [0.1, 0.15) is 11.6 Å². The van der Waals surface area contributed by atoms with E-state index in [2.05, 4.69) is 10.1 Å². The number of benzene rings is 2. The van der Waals surface area contributed by atoms with Crippen molar-refractivity contribution < 1.29 is 22.8 Å². The lowest BCUT2D eigenvalue weighted by Gasteiger charge is -2.07. The van der Waals surface area contributed by atoms with E-state index in [1.54, 1.807) is 25.3 Å². The molecule has 0 aliphatic heterocycles. The van der Waals surface area contributed by atoms with Gasteiger partial charge in [-0.2, -0.15) is 4.98 Å². The molecule has 0 amide bonds. The molecule has 0 N–H and O–H groups in total. The van der Waals surface area contributed by atoms with Crippen LogP contribution in [0.2, 0.25) is 0 Å². The molecule has 0 radical (unpaired) electrons. The van der Waals surface area contributed by atoms with Gasteiger partial charge in [-0.1, -0.05) is 5.16 Å². The van der Waals surface area contributed by atoms with E-state index in [0.717, 1.165) is 30.0 Å². The molecule has 25 heavy (non-hydrogen) atoms. The first-order chi connectivity index (χ1) is 12.1. The zero-order chi connectivity index (χ0) is 17.8. The van der Waals surface area contributed by atoms with Crippen molar-refractivity contribution >= 4 is 11.8 Å². The molecule has 3 rings (SSSR count). The summed E-state index contributed by atoms with van der Waals surface area (Å²) in [5, 5.41) is 3.91. The van der Waals surface area contributed by atoms with Crippen LogP contribution < -0.4 is 9.47 Å². The Kier molecular flexibility index (Phi) is 5.18. The summed E-state index contributed by atoms with van der Waals surface area (Å²) in [6.45, 7) is 0. The van der Waals surface area contributed by atoms with E-state index in [-0.39, 0.29) is 10.6 Å². The second-order valence-corrected chi connectivity index (χ2v) is 5.96. The van der Waals surface area contributed by atoms with Crippen molar-refractivity contribution in [3.05, 3.63) is 53.9 Å². The Hall–Kier alpha value is -2.61. The van der Waals surface area contributed by atoms with Crippen molar-refractivity contribution in [2.24, 2.45) is 0 Å². The van der Waals surface area contributed by atoms with Crippen LogP contribution in [0, 0.1) is 11.6 Å². The molecule has 5 nitrogen and oxygen atoms in total. The second kappa shape index (κ2) is 7.52. The van der Waals surface area contributed by atoms with Crippen LogP contribution in [0.1, 0.15) is 5.89 Å². The summed E-state index contributed by atoms with van der Waals surface area (Å²) < 4.78 is 42.4. The van der Waals surface area contributed by atoms with E-state index < -0.39 is 11.6 Å². The Bertz CT molecular complexity index is 886. The Morgan fingerprint density at radius 3 is 2.60 bits per heavy atom. The molecule has 0 atom stereocenters. The summed E-state index contributed by atoms with van der Waals surface area (Å²) in [7, 11) is 3.08. The van der Waals surface area contributed by atoms with Gasteiger partial charge >= 0.3 is 0 Å². The van der Waals surface area contributed by atoms with E-state index in [1.165, 1.54) is 7.11 Å². The van der Waals surface area contributed by atoms with Gasteiger partial charge in [0.15, 0.2) is 11.5 Å². The van der Waals surface area contributed by atoms with E-state index in [0.29, 0.717) is 28.8 Å². The first-order valence-electron chi connectivity index (χ1n) is 7.23. The van der Waals surface area contributed by atoms with Crippen molar-refractivity contribution in [2.75, 3.05) is 14.2 Å². The molecule has 1 aromatic heterocycles. The Morgan fingerprint density at radius 2 is 1.84 bits per heavy atom. The summed E-state index contributed by atoms with van der Waals surface area (Å²) in [4.78, 5) is 4.45. The topological polar surface area (TPSA) is 57.4 Å². The van der Waals surface area contributed by atoms with Gasteiger partial charge in [0, 0.05) is 10.5 Å².